The molecule has 2 aliphatic heterocycles. The van der Waals surface area contributed by atoms with Gasteiger partial charge in [-0.2, -0.15) is 20.2 Å². The zero-order chi connectivity index (χ0) is 15.5. The molecular weight excluding hydrogens is 324 g/mol. The summed E-state index contributed by atoms with van der Waals surface area (Å²) in [6.07, 6.45) is 0. The molecule has 0 atom stereocenters. The highest BCUT2D eigenvalue weighted by Crippen LogP contribution is 2.30. The lowest BCUT2D eigenvalue weighted by Gasteiger charge is -2.26. The zero-order valence-corrected chi connectivity index (χ0v) is 13.4. The van der Waals surface area contributed by atoms with E-state index in [0.29, 0.717) is 42.9 Å². The van der Waals surface area contributed by atoms with Crippen molar-refractivity contribution in [1.29, 1.82) is 5.26 Å². The second-order valence-electron chi connectivity index (χ2n) is 4.69. The van der Waals surface area contributed by atoms with Crippen molar-refractivity contribution in [3.05, 3.63) is 27.2 Å². The van der Waals surface area contributed by atoms with E-state index in [-0.39, 0.29) is 11.1 Å². The van der Waals surface area contributed by atoms with Gasteiger partial charge < -0.3 is 15.0 Å². The van der Waals surface area contributed by atoms with Crippen molar-refractivity contribution < 1.29 is 4.74 Å². The van der Waals surface area contributed by atoms with Crippen LogP contribution in [0.1, 0.15) is 12.7 Å². The monoisotopic (exact) mass is 336 g/mol. The number of aromatic nitrogens is 3. The first-order valence-corrected chi connectivity index (χ1v) is 7.92. The number of ether oxygens (including phenoxy) is 1. The second kappa shape index (κ2) is 6.52. The Hall–Kier alpha value is -1.82. The van der Waals surface area contributed by atoms with Gasteiger partial charge in [0, 0.05) is 18.8 Å². The fourth-order valence-electron chi connectivity index (χ4n) is 2.07. The van der Waals surface area contributed by atoms with Crippen LogP contribution in [0.2, 0.25) is 5.28 Å². The Morgan fingerprint density at radius 1 is 1.41 bits per heavy atom. The van der Waals surface area contributed by atoms with E-state index in [1.807, 2.05) is 17.2 Å². The Morgan fingerprint density at radius 2 is 2.18 bits per heavy atom. The Labute approximate surface area is 137 Å². The number of nitriles is 1. The van der Waals surface area contributed by atoms with E-state index in [0.717, 1.165) is 5.70 Å². The van der Waals surface area contributed by atoms with E-state index >= 15 is 0 Å². The number of rotatable bonds is 2. The van der Waals surface area contributed by atoms with Gasteiger partial charge >= 0.3 is 0 Å². The van der Waals surface area contributed by atoms with Gasteiger partial charge in [0.05, 0.1) is 18.2 Å². The van der Waals surface area contributed by atoms with Gasteiger partial charge in [0.1, 0.15) is 11.6 Å². The molecule has 1 saturated heterocycles. The zero-order valence-electron chi connectivity index (χ0n) is 11.8. The van der Waals surface area contributed by atoms with Crippen molar-refractivity contribution in [3.8, 4) is 6.07 Å². The average molecular weight is 337 g/mol. The molecule has 1 N–H and O–H groups in total. The SMILES string of the molecule is CC1=CS/C(=C(/C#N)c2nc(Cl)nc(N3CCOCC3)n2)N1. The number of nitrogens with zero attached hydrogens (tertiary/aromatic N) is 5. The minimum atomic E-state index is 0.0764. The first kappa shape index (κ1) is 15.1. The van der Waals surface area contributed by atoms with Gasteiger partial charge in [-0.15, -0.1) is 0 Å². The molecule has 3 rings (SSSR count). The van der Waals surface area contributed by atoms with E-state index in [9.17, 15) is 5.26 Å². The quantitative estimate of drug-likeness (QED) is 0.817. The molecule has 0 saturated carbocycles. The summed E-state index contributed by atoms with van der Waals surface area (Å²) in [5.41, 5.74) is 1.33. The van der Waals surface area contributed by atoms with E-state index < -0.39 is 0 Å². The van der Waals surface area contributed by atoms with Gasteiger partial charge in [-0.25, -0.2) is 0 Å². The Kier molecular flexibility index (Phi) is 4.47. The van der Waals surface area contributed by atoms with Crippen LogP contribution in [0, 0.1) is 11.3 Å². The number of anilines is 1. The van der Waals surface area contributed by atoms with Crippen LogP contribution in [0.3, 0.4) is 0 Å². The Morgan fingerprint density at radius 3 is 2.82 bits per heavy atom. The van der Waals surface area contributed by atoms with Crippen molar-refractivity contribution in [2.45, 2.75) is 6.92 Å². The molecule has 9 heteroatoms. The standard InChI is InChI=1S/C13H13ClN6OS/c1-8-7-22-11(16-8)9(6-15)10-17-12(14)19-13(18-10)20-2-4-21-5-3-20/h7,16H,2-5H2,1H3/b11-9-. The summed E-state index contributed by atoms with van der Waals surface area (Å²) in [5, 5.41) is 15.3. The van der Waals surface area contributed by atoms with Crippen molar-refractivity contribution in [2.75, 3.05) is 31.2 Å². The highest BCUT2D eigenvalue weighted by Gasteiger charge is 2.21. The molecule has 0 aliphatic carbocycles. The average Bonchev–Trinajstić information content (AvgIpc) is 2.95. The molecule has 1 aromatic heterocycles. The third-order valence-corrected chi connectivity index (χ3v) is 4.30. The Bertz CT molecular complexity index is 692. The fourth-order valence-corrected chi connectivity index (χ4v) is 3.05. The number of allylic oxidation sites excluding steroid dienone is 2. The third kappa shape index (κ3) is 3.16. The van der Waals surface area contributed by atoms with E-state index in [1.165, 1.54) is 11.8 Å². The summed E-state index contributed by atoms with van der Waals surface area (Å²) in [5.74, 6) is 0.751. The minimum absolute atomic E-state index is 0.0764. The van der Waals surface area contributed by atoms with Crippen molar-refractivity contribution in [2.24, 2.45) is 0 Å². The number of nitrogens with one attached hydrogen (secondary N) is 1. The highest BCUT2D eigenvalue weighted by molar-refractivity contribution is 8.06. The van der Waals surface area contributed by atoms with Gasteiger partial charge in [0.2, 0.25) is 11.2 Å². The minimum Gasteiger partial charge on any atom is -0.378 e. The van der Waals surface area contributed by atoms with Crippen LogP contribution in [-0.2, 0) is 4.74 Å². The van der Waals surface area contributed by atoms with Gasteiger partial charge in [0.25, 0.3) is 0 Å². The predicted octanol–water partition coefficient (Wildman–Crippen LogP) is 1.75. The van der Waals surface area contributed by atoms with Crippen LogP contribution >= 0.6 is 23.4 Å². The van der Waals surface area contributed by atoms with Crippen LogP contribution in [0.25, 0.3) is 5.57 Å². The molecular formula is C13H13ClN6OS. The maximum atomic E-state index is 9.46. The molecule has 0 bridgehead atoms. The molecule has 1 fully saturated rings. The first-order valence-electron chi connectivity index (χ1n) is 6.67. The van der Waals surface area contributed by atoms with Crippen LogP contribution < -0.4 is 10.2 Å². The lowest BCUT2D eigenvalue weighted by molar-refractivity contribution is 0.122. The molecule has 114 valence electrons. The summed E-state index contributed by atoms with van der Waals surface area (Å²) in [6, 6.07) is 2.15. The van der Waals surface area contributed by atoms with E-state index in [2.05, 4.69) is 26.3 Å². The predicted molar refractivity (Wildman–Crippen MR) is 84.9 cm³/mol. The molecule has 7 nitrogen and oxygen atoms in total. The summed E-state index contributed by atoms with van der Waals surface area (Å²) in [4.78, 5) is 14.6. The summed E-state index contributed by atoms with van der Waals surface area (Å²) < 4.78 is 5.32. The first-order chi connectivity index (χ1) is 10.7. The van der Waals surface area contributed by atoms with Gasteiger partial charge in [-0.3, -0.25) is 0 Å². The van der Waals surface area contributed by atoms with Crippen LogP contribution in [-0.4, -0.2) is 41.3 Å². The van der Waals surface area contributed by atoms with Gasteiger partial charge in [-0.05, 0) is 23.9 Å². The maximum Gasteiger partial charge on any atom is 0.230 e. The maximum absolute atomic E-state index is 9.46. The van der Waals surface area contributed by atoms with E-state index in [1.54, 1.807) is 0 Å². The molecule has 0 radical (unpaired) electrons. The van der Waals surface area contributed by atoms with Crippen LogP contribution in [0.4, 0.5) is 5.95 Å². The summed E-state index contributed by atoms with van der Waals surface area (Å²) >= 11 is 7.45. The number of hydrogen-bond donors (Lipinski definition) is 1. The topological polar surface area (TPSA) is 87.0 Å². The molecule has 0 aromatic carbocycles. The highest BCUT2D eigenvalue weighted by atomic mass is 35.5. The molecule has 22 heavy (non-hydrogen) atoms. The Balaban J connectivity index is 1.97. The van der Waals surface area contributed by atoms with Crippen LogP contribution in [0.15, 0.2) is 16.1 Å². The molecule has 0 amide bonds. The molecule has 1 aromatic rings. The number of halogens is 1. The summed E-state index contributed by atoms with van der Waals surface area (Å²) in [7, 11) is 0. The lowest BCUT2D eigenvalue weighted by Crippen LogP contribution is -2.37. The van der Waals surface area contributed by atoms with Crippen molar-refractivity contribution >= 4 is 34.9 Å². The number of hydrogen-bond acceptors (Lipinski definition) is 8. The molecule has 3 heterocycles. The number of morpholine rings is 1. The lowest BCUT2D eigenvalue weighted by atomic mass is 10.3. The van der Waals surface area contributed by atoms with Crippen molar-refractivity contribution in [1.82, 2.24) is 20.3 Å². The normalized spacial score (nSPS) is 20.2. The summed E-state index contributed by atoms with van der Waals surface area (Å²) in [6.45, 7) is 4.53. The van der Waals surface area contributed by atoms with Gasteiger partial charge in [-0.1, -0.05) is 11.8 Å². The third-order valence-electron chi connectivity index (χ3n) is 3.12. The second-order valence-corrected chi connectivity index (χ2v) is 5.90. The van der Waals surface area contributed by atoms with E-state index in [4.69, 9.17) is 16.3 Å². The van der Waals surface area contributed by atoms with Crippen molar-refractivity contribution in [3.63, 3.8) is 0 Å². The fraction of sp³-hybridized carbons (Fsp3) is 0.385. The number of thioether (sulfide) groups is 1. The molecule has 0 unspecified atom stereocenters. The largest absolute Gasteiger partial charge is 0.378 e. The van der Waals surface area contributed by atoms with Gasteiger partial charge in [0.15, 0.2) is 5.82 Å². The van der Waals surface area contributed by atoms with Crippen LogP contribution in [0.5, 0.6) is 0 Å². The molecule has 2 aliphatic rings. The molecule has 0 spiro atoms. The smallest absolute Gasteiger partial charge is 0.230 e.